The molecule has 2 saturated heterocycles. The molecule has 0 radical (unpaired) electrons. The number of amides is 1. The van der Waals surface area contributed by atoms with Gasteiger partial charge >= 0.3 is 0 Å². The number of nitrogens with zero attached hydrogens (tertiary/aromatic N) is 3. The molecule has 154 valence electrons. The number of nitrogens with one attached hydrogen (secondary N) is 1. The third-order valence-corrected chi connectivity index (χ3v) is 7.65. The lowest BCUT2D eigenvalue weighted by Gasteiger charge is -2.37. The number of piperidine rings is 2. The second-order valence-corrected chi connectivity index (χ2v) is 9.12. The summed E-state index contributed by atoms with van der Waals surface area (Å²) in [5.41, 5.74) is 0.382. The van der Waals surface area contributed by atoms with Gasteiger partial charge in [-0.3, -0.25) is 4.79 Å². The van der Waals surface area contributed by atoms with Crippen LogP contribution in [0.2, 0.25) is 0 Å². The largest absolute Gasteiger partial charge is 0.360 e. The molecule has 1 unspecified atom stereocenters. The fourth-order valence-corrected chi connectivity index (χ4v) is 5.75. The van der Waals surface area contributed by atoms with Crippen LogP contribution in [0.15, 0.2) is 9.42 Å². The van der Waals surface area contributed by atoms with Crippen molar-refractivity contribution in [2.45, 2.75) is 50.5 Å². The minimum Gasteiger partial charge on any atom is -0.360 e. The van der Waals surface area contributed by atoms with Gasteiger partial charge in [0.2, 0.25) is 15.9 Å². The first-order valence-electron chi connectivity index (χ1n) is 9.23. The molecule has 0 saturated carbocycles. The van der Waals surface area contributed by atoms with E-state index in [2.05, 4.69) is 10.5 Å². The maximum atomic E-state index is 12.9. The van der Waals surface area contributed by atoms with E-state index in [-0.39, 0.29) is 29.1 Å². The maximum absolute atomic E-state index is 12.9. The summed E-state index contributed by atoms with van der Waals surface area (Å²) in [4.78, 5) is 14.9. The van der Waals surface area contributed by atoms with Crippen molar-refractivity contribution >= 4 is 28.3 Å². The molecule has 0 aromatic carbocycles. The molecule has 2 aliphatic heterocycles. The van der Waals surface area contributed by atoms with Gasteiger partial charge in [-0.2, -0.15) is 4.31 Å². The van der Waals surface area contributed by atoms with Gasteiger partial charge in [0.15, 0.2) is 5.76 Å². The smallest absolute Gasteiger partial charge is 0.248 e. The fourth-order valence-electron chi connectivity index (χ4n) is 3.99. The first-order chi connectivity index (χ1) is 12.3. The third kappa shape index (κ3) is 4.47. The van der Waals surface area contributed by atoms with E-state index in [1.54, 1.807) is 13.8 Å². The third-order valence-electron chi connectivity index (χ3n) is 5.51. The van der Waals surface area contributed by atoms with Crippen LogP contribution in [-0.4, -0.2) is 68.0 Å². The number of aromatic nitrogens is 1. The maximum Gasteiger partial charge on any atom is 0.248 e. The molecule has 0 aliphatic carbocycles. The van der Waals surface area contributed by atoms with Gasteiger partial charge in [-0.05, 0) is 46.6 Å². The molecule has 1 amide bonds. The molecule has 3 rings (SSSR count). The average molecular weight is 421 g/mol. The van der Waals surface area contributed by atoms with Gasteiger partial charge < -0.3 is 14.7 Å². The number of carbonyl (C=O) groups is 1. The SMILES string of the molecule is CNC1CCCN(C(=O)C2CCN(S(=O)(=O)c3c(C)noc3C)CC2)C1.Cl. The van der Waals surface area contributed by atoms with Gasteiger partial charge in [0, 0.05) is 38.1 Å². The summed E-state index contributed by atoms with van der Waals surface area (Å²) < 4.78 is 32.2. The van der Waals surface area contributed by atoms with E-state index in [4.69, 9.17) is 4.52 Å². The molecule has 3 heterocycles. The summed E-state index contributed by atoms with van der Waals surface area (Å²) in [5, 5.41) is 7.00. The lowest BCUT2D eigenvalue weighted by molar-refractivity contribution is -0.138. The summed E-state index contributed by atoms with van der Waals surface area (Å²) in [5.74, 6) is 0.383. The molecule has 8 nitrogen and oxygen atoms in total. The van der Waals surface area contributed by atoms with E-state index < -0.39 is 10.0 Å². The topological polar surface area (TPSA) is 95.8 Å². The van der Waals surface area contributed by atoms with Crippen LogP contribution in [0.1, 0.15) is 37.1 Å². The van der Waals surface area contributed by atoms with Crippen LogP contribution < -0.4 is 5.32 Å². The van der Waals surface area contributed by atoms with Gasteiger partial charge in [-0.1, -0.05) is 5.16 Å². The molecule has 2 aliphatic rings. The predicted molar refractivity (Wildman–Crippen MR) is 103 cm³/mol. The Labute approximate surface area is 167 Å². The van der Waals surface area contributed by atoms with Crippen molar-refractivity contribution in [3.05, 3.63) is 11.5 Å². The first kappa shape index (κ1) is 22.1. The van der Waals surface area contributed by atoms with Crippen LogP contribution >= 0.6 is 12.4 Å². The Bertz CT molecular complexity index is 739. The fraction of sp³-hybridized carbons (Fsp3) is 0.765. The van der Waals surface area contributed by atoms with Gasteiger partial charge in [-0.15, -0.1) is 12.4 Å². The standard InChI is InChI=1S/C17H28N4O4S.ClH/c1-12-16(13(2)25-19-12)26(23,24)21-9-6-14(7-10-21)17(22)20-8-4-5-15(11-20)18-3;/h14-15,18H,4-11H2,1-3H3;1H. The second kappa shape index (κ2) is 8.89. The van der Waals surface area contributed by atoms with Crippen LogP contribution in [0.3, 0.4) is 0 Å². The Morgan fingerprint density at radius 2 is 1.85 bits per heavy atom. The second-order valence-electron chi connectivity index (χ2n) is 7.24. The Morgan fingerprint density at radius 1 is 1.19 bits per heavy atom. The molecule has 1 aromatic heterocycles. The summed E-state index contributed by atoms with van der Waals surface area (Å²) in [6.45, 7) is 5.49. The van der Waals surface area contributed by atoms with E-state index in [1.807, 2.05) is 11.9 Å². The Hall–Kier alpha value is -1.16. The highest BCUT2D eigenvalue weighted by Crippen LogP contribution is 2.28. The van der Waals surface area contributed by atoms with Crippen LogP contribution in [0.25, 0.3) is 0 Å². The number of sulfonamides is 1. The van der Waals surface area contributed by atoms with Crippen molar-refractivity contribution in [2.24, 2.45) is 5.92 Å². The molecule has 10 heteroatoms. The zero-order valence-electron chi connectivity index (χ0n) is 16.1. The summed E-state index contributed by atoms with van der Waals surface area (Å²) >= 11 is 0. The minimum atomic E-state index is -3.62. The van der Waals surface area contributed by atoms with E-state index in [1.165, 1.54) is 4.31 Å². The lowest BCUT2D eigenvalue weighted by Crippen LogP contribution is -2.50. The predicted octanol–water partition coefficient (Wildman–Crippen LogP) is 1.32. The average Bonchev–Trinajstić information content (AvgIpc) is 3.00. The molecule has 1 atom stereocenters. The molecule has 1 N–H and O–H groups in total. The number of halogens is 1. The lowest BCUT2D eigenvalue weighted by atomic mass is 9.95. The van der Waals surface area contributed by atoms with E-state index in [9.17, 15) is 13.2 Å². The first-order valence-corrected chi connectivity index (χ1v) is 10.7. The van der Waals surface area contributed by atoms with Crippen molar-refractivity contribution in [1.29, 1.82) is 0 Å². The molecule has 1 aromatic rings. The van der Waals surface area contributed by atoms with E-state index >= 15 is 0 Å². The minimum absolute atomic E-state index is 0. The van der Waals surface area contributed by atoms with Crippen molar-refractivity contribution in [3.8, 4) is 0 Å². The Kier molecular flexibility index (Phi) is 7.29. The van der Waals surface area contributed by atoms with Crippen LogP contribution in [-0.2, 0) is 14.8 Å². The van der Waals surface area contributed by atoms with Crippen molar-refractivity contribution in [2.75, 3.05) is 33.2 Å². The molecule has 2 fully saturated rings. The van der Waals surface area contributed by atoms with Crippen LogP contribution in [0.4, 0.5) is 0 Å². The van der Waals surface area contributed by atoms with Crippen molar-refractivity contribution in [1.82, 2.24) is 19.7 Å². The number of hydrogen-bond acceptors (Lipinski definition) is 6. The number of carbonyl (C=O) groups excluding carboxylic acids is 1. The summed E-state index contributed by atoms with van der Waals surface area (Å²) in [6, 6.07) is 0.354. The zero-order valence-corrected chi connectivity index (χ0v) is 17.7. The highest BCUT2D eigenvalue weighted by Gasteiger charge is 2.37. The number of hydrogen-bond donors (Lipinski definition) is 1. The number of rotatable bonds is 4. The van der Waals surface area contributed by atoms with E-state index in [0.717, 1.165) is 25.9 Å². The molecule has 0 spiro atoms. The van der Waals surface area contributed by atoms with Gasteiger partial charge in [0.25, 0.3) is 0 Å². The summed E-state index contributed by atoms with van der Waals surface area (Å²) in [6.07, 6.45) is 3.22. The van der Waals surface area contributed by atoms with Crippen LogP contribution in [0.5, 0.6) is 0 Å². The molecule has 0 bridgehead atoms. The van der Waals surface area contributed by atoms with Gasteiger partial charge in [0.05, 0.1) is 0 Å². The molecular formula is C17H29ClN4O4S. The number of likely N-dealkylation sites (tertiary alicyclic amines) is 1. The molecule has 27 heavy (non-hydrogen) atoms. The van der Waals surface area contributed by atoms with E-state index in [0.29, 0.717) is 43.4 Å². The molecular weight excluding hydrogens is 392 g/mol. The normalized spacial score (nSPS) is 22.5. The van der Waals surface area contributed by atoms with Gasteiger partial charge in [0.1, 0.15) is 10.6 Å². The monoisotopic (exact) mass is 420 g/mol. The number of aryl methyl sites for hydroxylation is 2. The van der Waals surface area contributed by atoms with Crippen molar-refractivity contribution in [3.63, 3.8) is 0 Å². The zero-order chi connectivity index (χ0) is 18.9. The Balaban J connectivity index is 0.00000261. The summed E-state index contributed by atoms with van der Waals surface area (Å²) in [7, 11) is -1.70. The number of likely N-dealkylation sites (N-methyl/N-ethyl adjacent to an activating group) is 1. The Morgan fingerprint density at radius 3 is 2.41 bits per heavy atom. The quantitative estimate of drug-likeness (QED) is 0.789. The van der Waals surface area contributed by atoms with Gasteiger partial charge in [-0.25, -0.2) is 8.42 Å². The van der Waals surface area contributed by atoms with Crippen LogP contribution in [0, 0.1) is 19.8 Å². The highest BCUT2D eigenvalue weighted by molar-refractivity contribution is 7.89. The highest BCUT2D eigenvalue weighted by atomic mass is 35.5. The van der Waals surface area contributed by atoms with Crippen molar-refractivity contribution < 1.29 is 17.7 Å².